The number of carbonyl (C=O) groups is 1. The summed E-state index contributed by atoms with van der Waals surface area (Å²) in [6.07, 6.45) is 2.63. The first-order valence-corrected chi connectivity index (χ1v) is 9.65. The van der Waals surface area contributed by atoms with Crippen LogP contribution in [0.3, 0.4) is 0 Å². The number of rotatable bonds is 6. The fraction of sp³-hybridized carbons (Fsp3) is 0.938. The lowest BCUT2D eigenvalue weighted by molar-refractivity contribution is -0.131. The first-order chi connectivity index (χ1) is 10.5. The number of likely N-dealkylation sites (tertiary alicyclic amines) is 1. The molecule has 22 heavy (non-hydrogen) atoms. The van der Waals surface area contributed by atoms with Crippen LogP contribution in [0.2, 0.25) is 0 Å². The van der Waals surface area contributed by atoms with Crippen molar-refractivity contribution in [2.75, 3.05) is 51.3 Å². The maximum absolute atomic E-state index is 12.3. The van der Waals surface area contributed by atoms with Gasteiger partial charge >= 0.3 is 0 Å². The molecule has 2 rings (SSSR count). The molecular formula is C16H31N3O2S. The van der Waals surface area contributed by atoms with Gasteiger partial charge in [0.25, 0.3) is 0 Å². The van der Waals surface area contributed by atoms with Crippen molar-refractivity contribution in [3.05, 3.63) is 0 Å². The van der Waals surface area contributed by atoms with Crippen molar-refractivity contribution in [2.45, 2.75) is 38.3 Å². The lowest BCUT2D eigenvalue weighted by Gasteiger charge is -2.34. The van der Waals surface area contributed by atoms with Crippen molar-refractivity contribution >= 4 is 17.7 Å². The van der Waals surface area contributed by atoms with Gasteiger partial charge in [0.2, 0.25) is 5.91 Å². The average molecular weight is 330 g/mol. The largest absolute Gasteiger partial charge is 0.392 e. The van der Waals surface area contributed by atoms with Gasteiger partial charge in [0.1, 0.15) is 0 Å². The molecule has 1 amide bonds. The van der Waals surface area contributed by atoms with E-state index < -0.39 is 0 Å². The molecule has 0 aromatic heterocycles. The molecule has 2 saturated heterocycles. The third-order valence-corrected chi connectivity index (χ3v) is 5.74. The number of amides is 1. The maximum Gasteiger partial charge on any atom is 0.223 e. The molecule has 0 aromatic carbocycles. The van der Waals surface area contributed by atoms with E-state index in [4.69, 9.17) is 0 Å². The molecule has 2 atom stereocenters. The van der Waals surface area contributed by atoms with Crippen LogP contribution in [-0.4, -0.2) is 84.2 Å². The highest BCUT2D eigenvalue weighted by Gasteiger charge is 2.24. The summed E-state index contributed by atoms with van der Waals surface area (Å²) in [5.74, 6) is 3.09. The molecule has 0 radical (unpaired) electrons. The zero-order valence-corrected chi connectivity index (χ0v) is 14.8. The van der Waals surface area contributed by atoms with Gasteiger partial charge in [-0.3, -0.25) is 4.79 Å². The second-order valence-corrected chi connectivity index (χ2v) is 7.95. The molecule has 0 bridgehead atoms. The third-order valence-electron chi connectivity index (χ3n) is 4.61. The first kappa shape index (κ1) is 18.0. The van der Waals surface area contributed by atoms with Crippen molar-refractivity contribution in [3.8, 4) is 0 Å². The van der Waals surface area contributed by atoms with Gasteiger partial charge in [-0.2, -0.15) is 11.8 Å². The van der Waals surface area contributed by atoms with E-state index in [0.717, 1.165) is 57.1 Å². The molecule has 128 valence electrons. The molecule has 5 nitrogen and oxygen atoms in total. The predicted octanol–water partition coefficient (Wildman–Crippen LogP) is 0.633. The smallest absolute Gasteiger partial charge is 0.223 e. The van der Waals surface area contributed by atoms with E-state index in [2.05, 4.69) is 10.2 Å². The molecule has 6 heteroatoms. The molecule has 0 aliphatic carbocycles. The van der Waals surface area contributed by atoms with Gasteiger partial charge in [0, 0.05) is 50.7 Å². The number of hydrogen-bond donors (Lipinski definition) is 2. The van der Waals surface area contributed by atoms with Gasteiger partial charge in [-0.1, -0.05) is 0 Å². The van der Waals surface area contributed by atoms with E-state index in [1.807, 2.05) is 30.6 Å². The summed E-state index contributed by atoms with van der Waals surface area (Å²) < 4.78 is 0. The Hall–Kier alpha value is -0.300. The van der Waals surface area contributed by atoms with Crippen LogP contribution in [0.4, 0.5) is 0 Å². The van der Waals surface area contributed by atoms with E-state index in [9.17, 15) is 9.90 Å². The number of hydrogen-bond acceptors (Lipinski definition) is 5. The predicted molar refractivity (Wildman–Crippen MR) is 92.2 cm³/mol. The van der Waals surface area contributed by atoms with Crippen LogP contribution in [0, 0.1) is 5.92 Å². The zero-order chi connectivity index (χ0) is 15.9. The van der Waals surface area contributed by atoms with Crippen molar-refractivity contribution in [3.63, 3.8) is 0 Å². The van der Waals surface area contributed by atoms with Crippen molar-refractivity contribution in [1.82, 2.24) is 15.1 Å². The minimum atomic E-state index is -0.248. The van der Waals surface area contributed by atoms with Crippen LogP contribution >= 0.6 is 11.8 Å². The lowest BCUT2D eigenvalue weighted by atomic mass is 9.96. The molecule has 2 aliphatic rings. The summed E-state index contributed by atoms with van der Waals surface area (Å²) >= 11 is 1.94. The summed E-state index contributed by atoms with van der Waals surface area (Å²) in [6, 6.07) is 0.349. The number of piperidine rings is 1. The summed E-state index contributed by atoms with van der Waals surface area (Å²) in [6.45, 7) is 6.59. The molecule has 0 spiro atoms. The van der Waals surface area contributed by atoms with Crippen molar-refractivity contribution in [2.24, 2.45) is 5.92 Å². The number of thioether (sulfide) groups is 1. The number of nitrogens with zero attached hydrogens (tertiary/aromatic N) is 2. The quantitative estimate of drug-likeness (QED) is 0.749. The van der Waals surface area contributed by atoms with E-state index in [1.54, 1.807) is 0 Å². The van der Waals surface area contributed by atoms with Gasteiger partial charge in [-0.25, -0.2) is 0 Å². The topological polar surface area (TPSA) is 55.8 Å². The van der Waals surface area contributed by atoms with Crippen LogP contribution in [0.15, 0.2) is 0 Å². The Morgan fingerprint density at radius 3 is 2.77 bits per heavy atom. The SMILES string of the molecule is CC(O)CN1CCC(CN(C)C(=O)CC2CSCCN2)CC1. The van der Waals surface area contributed by atoms with E-state index in [-0.39, 0.29) is 12.0 Å². The van der Waals surface area contributed by atoms with E-state index in [1.165, 1.54) is 0 Å². The summed E-state index contributed by atoms with van der Waals surface area (Å²) in [7, 11) is 1.94. The second-order valence-electron chi connectivity index (χ2n) is 6.80. The van der Waals surface area contributed by atoms with Gasteiger partial charge in [0.15, 0.2) is 0 Å². The lowest BCUT2D eigenvalue weighted by Crippen LogP contribution is -2.44. The number of aliphatic hydroxyl groups excluding tert-OH is 1. The highest BCUT2D eigenvalue weighted by molar-refractivity contribution is 7.99. The summed E-state index contributed by atoms with van der Waals surface area (Å²) in [5.41, 5.74) is 0. The molecule has 2 fully saturated rings. The Kier molecular flexibility index (Phi) is 7.47. The standard InChI is InChI=1S/C16H31N3O2S/c1-13(20)10-19-6-3-14(4-7-19)11-18(2)16(21)9-15-12-22-8-5-17-15/h13-15,17,20H,3-12H2,1-2H3. The second kappa shape index (κ2) is 9.11. The molecule has 2 heterocycles. The fourth-order valence-electron chi connectivity index (χ4n) is 3.33. The maximum atomic E-state index is 12.3. The van der Waals surface area contributed by atoms with Gasteiger partial charge in [-0.15, -0.1) is 0 Å². The van der Waals surface area contributed by atoms with Crippen molar-refractivity contribution in [1.29, 1.82) is 0 Å². The number of β-amino-alcohol motifs (C(OH)–C–C–N with tert-alkyl or cyclic N) is 1. The molecule has 2 unspecified atom stereocenters. The van der Waals surface area contributed by atoms with Gasteiger partial charge < -0.3 is 20.2 Å². The summed E-state index contributed by atoms with van der Waals surface area (Å²) in [5, 5.41) is 12.9. The highest BCUT2D eigenvalue weighted by Crippen LogP contribution is 2.19. The van der Waals surface area contributed by atoms with Crippen LogP contribution in [0.1, 0.15) is 26.2 Å². The molecule has 2 aliphatic heterocycles. The zero-order valence-electron chi connectivity index (χ0n) is 14.0. The number of nitrogens with one attached hydrogen (secondary N) is 1. The van der Waals surface area contributed by atoms with Gasteiger partial charge in [0.05, 0.1) is 6.10 Å². The Morgan fingerprint density at radius 2 is 2.18 bits per heavy atom. The summed E-state index contributed by atoms with van der Waals surface area (Å²) in [4.78, 5) is 16.6. The highest BCUT2D eigenvalue weighted by atomic mass is 32.2. The van der Waals surface area contributed by atoms with Crippen molar-refractivity contribution < 1.29 is 9.90 Å². The Morgan fingerprint density at radius 1 is 1.45 bits per heavy atom. The van der Waals surface area contributed by atoms with E-state index in [0.29, 0.717) is 18.4 Å². The van der Waals surface area contributed by atoms with Crippen LogP contribution in [0.5, 0.6) is 0 Å². The Balaban J connectivity index is 1.66. The molecule has 0 saturated carbocycles. The van der Waals surface area contributed by atoms with Crippen LogP contribution in [0.25, 0.3) is 0 Å². The normalized spacial score (nSPS) is 25.9. The third kappa shape index (κ3) is 6.07. The monoisotopic (exact) mass is 329 g/mol. The van der Waals surface area contributed by atoms with Crippen LogP contribution < -0.4 is 5.32 Å². The fourth-order valence-corrected chi connectivity index (χ4v) is 4.28. The molecule has 0 aromatic rings. The minimum absolute atomic E-state index is 0.248. The van der Waals surface area contributed by atoms with Gasteiger partial charge in [-0.05, 0) is 38.8 Å². The van der Waals surface area contributed by atoms with E-state index >= 15 is 0 Å². The molecular weight excluding hydrogens is 298 g/mol. The van der Waals surface area contributed by atoms with Crippen LogP contribution in [-0.2, 0) is 4.79 Å². The number of aliphatic hydroxyl groups is 1. The number of carbonyl (C=O) groups excluding carboxylic acids is 1. The minimum Gasteiger partial charge on any atom is -0.392 e. The molecule has 2 N–H and O–H groups in total. The first-order valence-electron chi connectivity index (χ1n) is 8.50. The Bertz CT molecular complexity index is 340. The Labute approximate surface area is 138 Å². The average Bonchev–Trinajstić information content (AvgIpc) is 2.49.